The summed E-state index contributed by atoms with van der Waals surface area (Å²) in [6.07, 6.45) is 5.48. The van der Waals surface area contributed by atoms with E-state index in [-0.39, 0.29) is 5.92 Å². The molecule has 2 aromatic carbocycles. The van der Waals surface area contributed by atoms with Gasteiger partial charge in [-0.1, -0.05) is 91.7 Å². The molecule has 0 unspecified atom stereocenters. The van der Waals surface area contributed by atoms with Crippen LogP contribution in [0, 0.1) is 0 Å². The van der Waals surface area contributed by atoms with Gasteiger partial charge in [0.15, 0.2) is 0 Å². The highest BCUT2D eigenvalue weighted by atomic mass is 35.5. The lowest BCUT2D eigenvalue weighted by molar-refractivity contribution is 0.802. The molecule has 0 fully saturated rings. The third-order valence-electron chi connectivity index (χ3n) is 3.43. The number of allylic oxidation sites excluding steroid dienone is 2. The summed E-state index contributed by atoms with van der Waals surface area (Å²) < 4.78 is 0. The predicted molar refractivity (Wildman–Crippen MR) is 88.2 cm³/mol. The van der Waals surface area contributed by atoms with Gasteiger partial charge in [0.1, 0.15) is 0 Å². The Hall–Kier alpha value is -1.53. The smallest absolute Gasteiger partial charge is 0.0283 e. The fourth-order valence-electron chi connectivity index (χ4n) is 2.32. The van der Waals surface area contributed by atoms with Crippen LogP contribution in [0.4, 0.5) is 0 Å². The van der Waals surface area contributed by atoms with Crippen LogP contribution >= 0.6 is 11.6 Å². The molecule has 0 N–H and O–H groups in total. The van der Waals surface area contributed by atoms with E-state index in [9.17, 15) is 0 Å². The maximum Gasteiger partial charge on any atom is 0.0283 e. The molecule has 104 valence electrons. The first-order valence-electron chi connectivity index (χ1n) is 7.27. The Balaban J connectivity index is 2.30. The molecule has 20 heavy (non-hydrogen) atoms. The van der Waals surface area contributed by atoms with Gasteiger partial charge in [-0.15, -0.1) is 0 Å². The van der Waals surface area contributed by atoms with Crippen molar-refractivity contribution in [3.8, 4) is 0 Å². The van der Waals surface area contributed by atoms with Gasteiger partial charge in [-0.05, 0) is 24.0 Å². The van der Waals surface area contributed by atoms with Crippen LogP contribution in [0.5, 0.6) is 0 Å². The third kappa shape index (κ3) is 4.25. The molecule has 0 aliphatic heterocycles. The maximum absolute atomic E-state index is 6.42. The van der Waals surface area contributed by atoms with E-state index in [1.807, 2.05) is 12.1 Å². The standard InChI is InChI=1S/C19H21Cl/c1-2-3-14-18(20)15-19(16-10-6-4-7-11-16)17-12-8-5-9-13-17/h4-13,15,19H,2-3,14H2,1H3/b18-15+. The molecule has 0 saturated carbocycles. The molecule has 0 aliphatic carbocycles. The third-order valence-corrected chi connectivity index (χ3v) is 3.75. The summed E-state index contributed by atoms with van der Waals surface area (Å²) in [7, 11) is 0. The zero-order valence-electron chi connectivity index (χ0n) is 11.9. The van der Waals surface area contributed by atoms with Gasteiger partial charge in [-0.2, -0.15) is 0 Å². The molecule has 0 nitrogen and oxygen atoms in total. The first-order chi connectivity index (χ1) is 9.81. The highest BCUT2D eigenvalue weighted by Crippen LogP contribution is 2.29. The minimum absolute atomic E-state index is 0.238. The normalized spacial score (nSPS) is 11.8. The molecule has 0 saturated heterocycles. The summed E-state index contributed by atoms with van der Waals surface area (Å²) in [5, 5.41) is 0.963. The van der Waals surface area contributed by atoms with Crippen LogP contribution < -0.4 is 0 Å². The average Bonchev–Trinajstić information content (AvgIpc) is 2.52. The fourth-order valence-corrected chi connectivity index (χ4v) is 2.58. The highest BCUT2D eigenvalue weighted by molar-refractivity contribution is 6.29. The number of hydrogen-bond donors (Lipinski definition) is 0. The van der Waals surface area contributed by atoms with Crippen molar-refractivity contribution in [2.75, 3.05) is 0 Å². The minimum atomic E-state index is 0.238. The van der Waals surface area contributed by atoms with Gasteiger partial charge in [-0.25, -0.2) is 0 Å². The zero-order valence-corrected chi connectivity index (χ0v) is 12.7. The van der Waals surface area contributed by atoms with Crippen LogP contribution in [0.3, 0.4) is 0 Å². The molecule has 0 aromatic heterocycles. The molecular weight excluding hydrogens is 264 g/mol. The van der Waals surface area contributed by atoms with E-state index in [0.29, 0.717) is 0 Å². The van der Waals surface area contributed by atoms with Crippen molar-refractivity contribution in [1.29, 1.82) is 0 Å². The van der Waals surface area contributed by atoms with E-state index in [1.54, 1.807) is 0 Å². The molecule has 0 atom stereocenters. The van der Waals surface area contributed by atoms with E-state index in [4.69, 9.17) is 11.6 Å². The Morgan fingerprint density at radius 3 is 1.90 bits per heavy atom. The fraction of sp³-hybridized carbons (Fsp3) is 0.263. The number of hydrogen-bond acceptors (Lipinski definition) is 0. The lowest BCUT2D eigenvalue weighted by atomic mass is 9.90. The monoisotopic (exact) mass is 284 g/mol. The summed E-state index contributed by atoms with van der Waals surface area (Å²) in [5.74, 6) is 0.238. The van der Waals surface area contributed by atoms with Crippen LogP contribution in [-0.4, -0.2) is 0 Å². The van der Waals surface area contributed by atoms with Crippen molar-refractivity contribution >= 4 is 11.6 Å². The Morgan fingerprint density at radius 2 is 1.45 bits per heavy atom. The molecule has 0 spiro atoms. The van der Waals surface area contributed by atoms with Gasteiger partial charge in [0, 0.05) is 11.0 Å². The molecular formula is C19H21Cl. The predicted octanol–water partition coefficient (Wildman–Crippen LogP) is 6.13. The van der Waals surface area contributed by atoms with Crippen LogP contribution in [-0.2, 0) is 0 Å². The van der Waals surface area contributed by atoms with Crippen LogP contribution in [0.1, 0.15) is 43.2 Å². The minimum Gasteiger partial charge on any atom is -0.0895 e. The molecule has 0 amide bonds. The summed E-state index contributed by atoms with van der Waals surface area (Å²) >= 11 is 6.42. The second-order valence-corrected chi connectivity index (χ2v) is 5.50. The molecule has 0 bridgehead atoms. The van der Waals surface area contributed by atoms with Gasteiger partial charge in [0.05, 0.1) is 0 Å². The van der Waals surface area contributed by atoms with Gasteiger partial charge < -0.3 is 0 Å². The van der Waals surface area contributed by atoms with Gasteiger partial charge >= 0.3 is 0 Å². The van der Waals surface area contributed by atoms with Crippen molar-refractivity contribution in [1.82, 2.24) is 0 Å². The van der Waals surface area contributed by atoms with Crippen molar-refractivity contribution < 1.29 is 0 Å². The second kappa shape index (κ2) is 7.91. The Morgan fingerprint density at radius 1 is 0.950 bits per heavy atom. The lowest BCUT2D eigenvalue weighted by Gasteiger charge is -2.15. The summed E-state index contributed by atoms with van der Waals surface area (Å²) in [6.45, 7) is 2.19. The second-order valence-electron chi connectivity index (χ2n) is 5.02. The van der Waals surface area contributed by atoms with Gasteiger partial charge in [0.25, 0.3) is 0 Å². The van der Waals surface area contributed by atoms with Crippen molar-refractivity contribution in [2.45, 2.75) is 32.1 Å². The molecule has 0 heterocycles. The van der Waals surface area contributed by atoms with E-state index in [0.717, 1.165) is 17.9 Å². The number of rotatable bonds is 6. The van der Waals surface area contributed by atoms with Gasteiger partial charge in [-0.3, -0.25) is 0 Å². The maximum atomic E-state index is 6.42. The molecule has 2 aromatic rings. The first-order valence-corrected chi connectivity index (χ1v) is 7.65. The molecule has 2 rings (SSSR count). The SMILES string of the molecule is CCCC/C(Cl)=C\C(c1ccccc1)c1ccccc1. The summed E-state index contributed by atoms with van der Waals surface area (Å²) in [6, 6.07) is 21.1. The van der Waals surface area contributed by atoms with Gasteiger partial charge in [0.2, 0.25) is 0 Å². The number of halogens is 1. The lowest BCUT2D eigenvalue weighted by Crippen LogP contribution is -1.98. The average molecular weight is 285 g/mol. The quantitative estimate of drug-likeness (QED) is 0.598. The molecule has 0 radical (unpaired) electrons. The van der Waals surface area contributed by atoms with E-state index < -0.39 is 0 Å². The van der Waals surface area contributed by atoms with Crippen LogP contribution in [0.2, 0.25) is 0 Å². The molecule has 0 aliphatic rings. The topological polar surface area (TPSA) is 0 Å². The van der Waals surface area contributed by atoms with E-state index in [2.05, 4.69) is 61.5 Å². The Bertz CT molecular complexity index is 489. The van der Waals surface area contributed by atoms with Crippen molar-refractivity contribution in [3.63, 3.8) is 0 Å². The Labute approximate surface area is 127 Å². The first kappa shape index (κ1) is 14.9. The largest absolute Gasteiger partial charge is 0.0895 e. The van der Waals surface area contributed by atoms with Crippen LogP contribution in [0.15, 0.2) is 71.8 Å². The zero-order chi connectivity index (χ0) is 14.2. The summed E-state index contributed by atoms with van der Waals surface area (Å²) in [4.78, 5) is 0. The number of benzene rings is 2. The van der Waals surface area contributed by atoms with E-state index in [1.165, 1.54) is 17.5 Å². The highest BCUT2D eigenvalue weighted by Gasteiger charge is 2.11. The summed E-state index contributed by atoms with van der Waals surface area (Å²) in [5.41, 5.74) is 2.57. The number of unbranched alkanes of at least 4 members (excludes halogenated alkanes) is 1. The Kier molecular flexibility index (Phi) is 5.88. The molecule has 1 heteroatoms. The van der Waals surface area contributed by atoms with E-state index >= 15 is 0 Å². The van der Waals surface area contributed by atoms with Crippen LogP contribution in [0.25, 0.3) is 0 Å². The van der Waals surface area contributed by atoms with Crippen molar-refractivity contribution in [3.05, 3.63) is 82.9 Å². The van der Waals surface area contributed by atoms with Crippen molar-refractivity contribution in [2.24, 2.45) is 0 Å².